The van der Waals surface area contributed by atoms with Gasteiger partial charge in [0.25, 0.3) is 0 Å². The Balaban J connectivity index is 2.11. The van der Waals surface area contributed by atoms with Crippen LogP contribution in [0.1, 0.15) is 12.5 Å². The Labute approximate surface area is 113 Å². The van der Waals surface area contributed by atoms with Crippen LogP contribution in [0.25, 0.3) is 0 Å². The lowest BCUT2D eigenvalue weighted by molar-refractivity contribution is 0.0875. The van der Waals surface area contributed by atoms with Crippen LogP contribution in [0.15, 0.2) is 65.6 Å². The summed E-state index contributed by atoms with van der Waals surface area (Å²) in [5.74, 6) is 0. The van der Waals surface area contributed by atoms with E-state index < -0.39 is 0 Å². The molecule has 94 valence electrons. The minimum atomic E-state index is -0.233. The summed E-state index contributed by atoms with van der Waals surface area (Å²) in [6, 6.07) is 20.8. The fourth-order valence-electron chi connectivity index (χ4n) is 1.85. The van der Waals surface area contributed by atoms with Gasteiger partial charge in [-0.2, -0.15) is 0 Å². The summed E-state index contributed by atoms with van der Waals surface area (Å²) in [4.78, 5) is 1.00. The fraction of sp³-hybridized carbons (Fsp3) is 0.250. The summed E-state index contributed by atoms with van der Waals surface area (Å²) in [5, 5.41) is 0. The van der Waals surface area contributed by atoms with Crippen molar-refractivity contribution in [3.05, 3.63) is 66.2 Å². The van der Waals surface area contributed by atoms with Crippen molar-refractivity contribution in [1.82, 2.24) is 0 Å². The van der Waals surface area contributed by atoms with E-state index in [1.807, 2.05) is 12.1 Å². The van der Waals surface area contributed by atoms with Crippen LogP contribution in [0.4, 0.5) is 0 Å². The lowest BCUT2D eigenvalue weighted by atomic mass is 10.1. The Morgan fingerprint density at radius 2 is 1.50 bits per heavy atom. The molecule has 1 nitrogen and oxygen atoms in total. The quantitative estimate of drug-likeness (QED) is 0.581. The highest BCUT2D eigenvalue weighted by Gasteiger charge is 2.25. The summed E-state index contributed by atoms with van der Waals surface area (Å²) in [7, 11) is 1.78. The van der Waals surface area contributed by atoms with Gasteiger partial charge < -0.3 is 4.74 Å². The zero-order chi connectivity index (χ0) is 12.8. The van der Waals surface area contributed by atoms with Gasteiger partial charge in [0.1, 0.15) is 4.93 Å². The van der Waals surface area contributed by atoms with Crippen LogP contribution in [-0.4, -0.2) is 12.0 Å². The molecule has 18 heavy (non-hydrogen) atoms. The summed E-state index contributed by atoms with van der Waals surface area (Å²) in [6.07, 6.45) is 0.893. The van der Waals surface area contributed by atoms with Gasteiger partial charge in [-0.3, -0.25) is 0 Å². The van der Waals surface area contributed by atoms with Gasteiger partial charge in [-0.1, -0.05) is 60.3 Å². The van der Waals surface area contributed by atoms with Gasteiger partial charge in [0.15, 0.2) is 0 Å². The molecule has 0 aliphatic carbocycles. The minimum absolute atomic E-state index is 0.233. The van der Waals surface area contributed by atoms with Crippen molar-refractivity contribution in [2.45, 2.75) is 23.2 Å². The van der Waals surface area contributed by atoms with Crippen LogP contribution in [0.2, 0.25) is 0 Å². The molecule has 2 heteroatoms. The van der Waals surface area contributed by atoms with Crippen molar-refractivity contribution in [2.75, 3.05) is 7.11 Å². The Morgan fingerprint density at radius 1 is 0.944 bits per heavy atom. The van der Waals surface area contributed by atoms with Crippen molar-refractivity contribution in [3.63, 3.8) is 0 Å². The Kier molecular flexibility index (Phi) is 4.45. The molecule has 1 atom stereocenters. The third kappa shape index (κ3) is 3.62. The van der Waals surface area contributed by atoms with E-state index in [9.17, 15) is 0 Å². The average Bonchev–Trinajstić information content (AvgIpc) is 2.41. The molecule has 2 aromatic rings. The molecule has 0 saturated carbocycles. The standard InChI is InChI=1S/C16H18OS/c1-16(17-2,13-14-9-5-3-6-10-14)18-15-11-7-4-8-12-15/h3-12H,13H2,1-2H3. The highest BCUT2D eigenvalue weighted by molar-refractivity contribution is 8.00. The molecule has 0 saturated heterocycles. The highest BCUT2D eigenvalue weighted by atomic mass is 32.2. The molecule has 0 bridgehead atoms. The summed E-state index contributed by atoms with van der Waals surface area (Å²) in [5.41, 5.74) is 1.30. The molecule has 0 heterocycles. The molecule has 2 aromatic carbocycles. The van der Waals surface area contributed by atoms with Crippen molar-refractivity contribution in [1.29, 1.82) is 0 Å². The van der Waals surface area contributed by atoms with Gasteiger partial charge in [-0.15, -0.1) is 0 Å². The van der Waals surface area contributed by atoms with E-state index in [0.717, 1.165) is 6.42 Å². The van der Waals surface area contributed by atoms with Crippen LogP contribution < -0.4 is 0 Å². The number of benzene rings is 2. The molecule has 2 rings (SSSR count). The van der Waals surface area contributed by atoms with Crippen molar-refractivity contribution >= 4 is 11.8 Å². The van der Waals surface area contributed by atoms with Gasteiger partial charge in [0, 0.05) is 18.4 Å². The third-order valence-corrected chi connectivity index (χ3v) is 4.13. The summed E-state index contributed by atoms with van der Waals surface area (Å²) >= 11 is 1.76. The lowest BCUT2D eigenvalue weighted by Crippen LogP contribution is -2.25. The largest absolute Gasteiger partial charge is 0.367 e. The van der Waals surface area contributed by atoms with Crippen LogP contribution >= 0.6 is 11.8 Å². The van der Waals surface area contributed by atoms with Crippen molar-refractivity contribution in [2.24, 2.45) is 0 Å². The Bertz CT molecular complexity index is 425. The predicted molar refractivity (Wildman–Crippen MR) is 77.9 cm³/mol. The van der Waals surface area contributed by atoms with Crippen molar-refractivity contribution in [3.8, 4) is 0 Å². The van der Waals surface area contributed by atoms with E-state index in [1.54, 1.807) is 18.9 Å². The molecule has 0 amide bonds. The molecule has 0 aliphatic heterocycles. The summed E-state index contributed by atoms with van der Waals surface area (Å²) in [6.45, 7) is 2.14. The normalized spacial score (nSPS) is 14.1. The number of hydrogen-bond acceptors (Lipinski definition) is 2. The van der Waals surface area contributed by atoms with Crippen molar-refractivity contribution < 1.29 is 4.74 Å². The van der Waals surface area contributed by atoms with E-state index in [0.29, 0.717) is 0 Å². The van der Waals surface area contributed by atoms with Gasteiger partial charge in [-0.25, -0.2) is 0 Å². The topological polar surface area (TPSA) is 9.23 Å². The van der Waals surface area contributed by atoms with E-state index in [1.165, 1.54) is 10.5 Å². The predicted octanol–water partition coefficient (Wildman–Crippen LogP) is 4.38. The Morgan fingerprint density at radius 3 is 2.06 bits per heavy atom. The van der Waals surface area contributed by atoms with Crippen LogP contribution in [0.3, 0.4) is 0 Å². The molecule has 0 N–H and O–H groups in total. The zero-order valence-corrected chi connectivity index (χ0v) is 11.6. The van der Waals surface area contributed by atoms with E-state index in [4.69, 9.17) is 4.74 Å². The van der Waals surface area contributed by atoms with Gasteiger partial charge >= 0.3 is 0 Å². The Hall–Kier alpha value is -1.25. The maximum Gasteiger partial charge on any atom is 0.119 e. The second kappa shape index (κ2) is 6.07. The molecular weight excluding hydrogens is 240 g/mol. The number of methoxy groups -OCH3 is 1. The second-order valence-electron chi connectivity index (χ2n) is 4.42. The van der Waals surface area contributed by atoms with Crippen LogP contribution in [0.5, 0.6) is 0 Å². The maximum absolute atomic E-state index is 5.71. The number of ether oxygens (including phenoxy) is 1. The summed E-state index contributed by atoms with van der Waals surface area (Å²) < 4.78 is 5.71. The minimum Gasteiger partial charge on any atom is -0.367 e. The first-order chi connectivity index (χ1) is 8.72. The van der Waals surface area contributed by atoms with Crippen LogP contribution in [0, 0.1) is 0 Å². The van der Waals surface area contributed by atoms with Gasteiger partial charge in [0.2, 0.25) is 0 Å². The van der Waals surface area contributed by atoms with E-state index in [2.05, 4.69) is 55.5 Å². The SMILES string of the molecule is COC(C)(Cc1ccccc1)Sc1ccccc1. The van der Waals surface area contributed by atoms with Crippen LogP contribution in [-0.2, 0) is 11.2 Å². The van der Waals surface area contributed by atoms with Gasteiger partial charge in [0.05, 0.1) is 0 Å². The van der Waals surface area contributed by atoms with Gasteiger partial charge in [-0.05, 0) is 24.6 Å². The second-order valence-corrected chi connectivity index (χ2v) is 5.95. The fourth-order valence-corrected chi connectivity index (χ4v) is 2.97. The molecule has 0 aliphatic rings. The highest BCUT2D eigenvalue weighted by Crippen LogP contribution is 2.35. The first kappa shape index (κ1) is 13.2. The third-order valence-electron chi connectivity index (χ3n) is 2.88. The first-order valence-electron chi connectivity index (χ1n) is 6.05. The number of hydrogen-bond donors (Lipinski definition) is 0. The maximum atomic E-state index is 5.71. The molecule has 0 spiro atoms. The zero-order valence-electron chi connectivity index (χ0n) is 10.8. The van der Waals surface area contributed by atoms with E-state index in [-0.39, 0.29) is 4.93 Å². The monoisotopic (exact) mass is 258 g/mol. The molecule has 0 radical (unpaired) electrons. The first-order valence-corrected chi connectivity index (χ1v) is 6.87. The lowest BCUT2D eigenvalue weighted by Gasteiger charge is -2.27. The molecule has 0 aromatic heterocycles. The average molecular weight is 258 g/mol. The smallest absolute Gasteiger partial charge is 0.119 e. The number of rotatable bonds is 5. The number of thioether (sulfide) groups is 1. The van der Waals surface area contributed by atoms with E-state index >= 15 is 0 Å². The molecule has 0 fully saturated rings. The molecular formula is C16H18OS. The molecule has 1 unspecified atom stereocenters.